The summed E-state index contributed by atoms with van der Waals surface area (Å²) in [5.41, 5.74) is 0. The molecule has 3 nitrogen and oxygen atoms in total. The van der Waals surface area contributed by atoms with Crippen LogP contribution >= 0.6 is 27.3 Å². The minimum Gasteiger partial charge on any atom is -0.415 e. The second kappa shape index (κ2) is 7.79. The van der Waals surface area contributed by atoms with Crippen LogP contribution in [0.1, 0.15) is 52.5 Å². The Kier molecular flexibility index (Phi) is 7.28. The molecule has 1 aromatic rings. The van der Waals surface area contributed by atoms with Crippen LogP contribution in [0.4, 0.5) is 0 Å². The van der Waals surface area contributed by atoms with Crippen molar-refractivity contribution in [2.24, 2.45) is 0 Å². The normalized spacial score (nSPS) is 16.4. The van der Waals surface area contributed by atoms with Gasteiger partial charge in [0.2, 0.25) is 0 Å². The molecule has 2 atom stereocenters. The van der Waals surface area contributed by atoms with Gasteiger partial charge in [-0.15, -0.1) is 11.3 Å². The molecular weight excluding hydrogens is 410 g/mol. The summed E-state index contributed by atoms with van der Waals surface area (Å²) >= 11 is 5.16. The Labute approximate surface area is 157 Å². The van der Waals surface area contributed by atoms with E-state index >= 15 is 0 Å². The molecule has 0 radical (unpaired) electrons. The average Bonchev–Trinajstić information content (AvgIpc) is 2.78. The van der Waals surface area contributed by atoms with Crippen molar-refractivity contribution in [2.45, 2.75) is 70.5 Å². The van der Waals surface area contributed by atoms with Gasteiger partial charge in [-0.3, -0.25) is 0 Å². The Morgan fingerprint density at radius 2 is 1.87 bits per heavy atom. The summed E-state index contributed by atoms with van der Waals surface area (Å²) in [4.78, 5) is 1.15. The van der Waals surface area contributed by atoms with Crippen molar-refractivity contribution in [3.05, 3.63) is 20.8 Å². The van der Waals surface area contributed by atoms with E-state index in [1.165, 1.54) is 0 Å². The summed E-state index contributed by atoms with van der Waals surface area (Å²) in [6.07, 6.45) is 0. The summed E-state index contributed by atoms with van der Waals surface area (Å²) in [6, 6.07) is 2.03. The van der Waals surface area contributed by atoms with E-state index in [4.69, 9.17) is 4.43 Å². The lowest BCUT2D eigenvalue weighted by molar-refractivity contribution is 0.259. The van der Waals surface area contributed by atoms with Crippen molar-refractivity contribution in [2.75, 3.05) is 6.61 Å². The molecule has 1 heterocycles. The van der Waals surface area contributed by atoms with E-state index in [0.717, 1.165) is 9.35 Å². The predicted octanol–water partition coefficient (Wildman–Crippen LogP) is 5.63. The van der Waals surface area contributed by atoms with Gasteiger partial charge >= 0.3 is 0 Å². The van der Waals surface area contributed by atoms with Crippen LogP contribution in [0, 0.1) is 0 Å². The fraction of sp³-hybridized carbons (Fsp3) is 0.750. The van der Waals surface area contributed by atoms with Crippen molar-refractivity contribution in [1.29, 1.82) is 0 Å². The molecule has 0 aliphatic heterocycles. The predicted molar refractivity (Wildman–Crippen MR) is 109 cm³/mol. The van der Waals surface area contributed by atoms with Gasteiger partial charge in [0.15, 0.2) is 8.32 Å². The number of hydrogen-bond donors (Lipinski definition) is 1. The van der Waals surface area contributed by atoms with E-state index in [9.17, 15) is 4.21 Å². The molecule has 1 aromatic heterocycles. The largest absolute Gasteiger partial charge is 0.415 e. The van der Waals surface area contributed by atoms with E-state index in [1.54, 1.807) is 11.3 Å². The summed E-state index contributed by atoms with van der Waals surface area (Å²) in [6.45, 7) is 17.7. The minimum absolute atomic E-state index is 0.0551. The lowest BCUT2D eigenvalue weighted by Gasteiger charge is -2.37. The van der Waals surface area contributed by atoms with Gasteiger partial charge in [-0.05, 0) is 60.9 Å². The Morgan fingerprint density at radius 3 is 2.26 bits per heavy atom. The van der Waals surface area contributed by atoms with Crippen LogP contribution in [0.2, 0.25) is 18.1 Å². The monoisotopic (exact) mass is 439 g/mol. The number of rotatable bonds is 6. The van der Waals surface area contributed by atoms with E-state index < -0.39 is 19.3 Å². The molecule has 23 heavy (non-hydrogen) atoms. The number of nitrogens with one attached hydrogen (secondary N) is 1. The average molecular weight is 441 g/mol. The zero-order valence-corrected chi connectivity index (χ0v) is 19.7. The molecule has 2 unspecified atom stereocenters. The molecule has 1 N–H and O–H groups in total. The van der Waals surface area contributed by atoms with Gasteiger partial charge in [0, 0.05) is 14.7 Å². The Hall–Kier alpha value is 0.467. The van der Waals surface area contributed by atoms with Gasteiger partial charge in [-0.2, -0.15) is 0 Å². The van der Waals surface area contributed by atoms with Gasteiger partial charge < -0.3 is 4.43 Å². The topological polar surface area (TPSA) is 38.3 Å². The molecule has 0 spiro atoms. The van der Waals surface area contributed by atoms with Gasteiger partial charge in [0.05, 0.1) is 28.4 Å². The van der Waals surface area contributed by atoms with Crippen LogP contribution in [0.3, 0.4) is 0 Å². The smallest absolute Gasteiger partial charge is 0.192 e. The molecule has 134 valence electrons. The molecule has 7 heteroatoms. The van der Waals surface area contributed by atoms with E-state index in [1.807, 2.05) is 20.8 Å². The molecule has 0 saturated heterocycles. The third-order valence-electron chi connectivity index (χ3n) is 4.15. The summed E-state index contributed by atoms with van der Waals surface area (Å²) in [7, 11) is -2.97. The zero-order valence-electron chi connectivity index (χ0n) is 15.5. The lowest BCUT2D eigenvalue weighted by atomic mass is 10.2. The molecule has 0 amide bonds. The van der Waals surface area contributed by atoms with Gasteiger partial charge in [0.1, 0.15) is 0 Å². The second-order valence-corrected chi connectivity index (χ2v) is 17.0. The fourth-order valence-corrected chi connectivity index (χ4v) is 4.88. The van der Waals surface area contributed by atoms with Crippen LogP contribution in [-0.4, -0.2) is 23.9 Å². The van der Waals surface area contributed by atoms with E-state index in [0.29, 0.717) is 6.61 Å². The van der Waals surface area contributed by atoms with Gasteiger partial charge in [0.25, 0.3) is 0 Å². The van der Waals surface area contributed by atoms with Crippen LogP contribution in [0.5, 0.6) is 0 Å². The molecule has 0 saturated carbocycles. The highest BCUT2D eigenvalue weighted by molar-refractivity contribution is 9.10. The van der Waals surface area contributed by atoms with Crippen LogP contribution < -0.4 is 4.72 Å². The highest BCUT2D eigenvalue weighted by Gasteiger charge is 2.38. The third-order valence-corrected chi connectivity index (χ3v) is 12.1. The molecule has 1 rings (SSSR count). The maximum Gasteiger partial charge on any atom is 0.192 e. The van der Waals surface area contributed by atoms with Crippen molar-refractivity contribution in [1.82, 2.24) is 4.72 Å². The highest BCUT2D eigenvalue weighted by Crippen LogP contribution is 2.37. The standard InChI is InChI=1S/C16H30BrNO2S2Si/c1-15(2,3)22(19)18-13(14-9-12(17)11-21-14)10-20-23(7,8)16(4,5)6/h9,11,13,18H,10H2,1-8H3. The van der Waals surface area contributed by atoms with Gasteiger partial charge in [-0.1, -0.05) is 20.8 Å². The van der Waals surface area contributed by atoms with Crippen molar-refractivity contribution >= 4 is 46.6 Å². The first kappa shape index (κ1) is 21.5. The van der Waals surface area contributed by atoms with Crippen molar-refractivity contribution in [3.63, 3.8) is 0 Å². The van der Waals surface area contributed by atoms with Crippen LogP contribution in [-0.2, 0) is 15.4 Å². The van der Waals surface area contributed by atoms with Crippen LogP contribution in [0.25, 0.3) is 0 Å². The maximum atomic E-state index is 12.5. The summed E-state index contributed by atoms with van der Waals surface area (Å²) in [5.74, 6) is 0. The van der Waals surface area contributed by atoms with Crippen molar-refractivity contribution < 1.29 is 8.63 Å². The minimum atomic E-state index is -1.84. The van der Waals surface area contributed by atoms with E-state index in [-0.39, 0.29) is 15.8 Å². The molecule has 0 aliphatic rings. The molecule has 0 aliphatic carbocycles. The molecule has 0 fully saturated rings. The van der Waals surface area contributed by atoms with Crippen molar-refractivity contribution in [3.8, 4) is 0 Å². The first-order valence-corrected chi connectivity index (χ1v) is 13.5. The number of thiophene rings is 1. The highest BCUT2D eigenvalue weighted by atomic mass is 79.9. The Morgan fingerprint density at radius 1 is 1.30 bits per heavy atom. The lowest BCUT2D eigenvalue weighted by Crippen LogP contribution is -2.44. The summed E-state index contributed by atoms with van der Waals surface area (Å²) < 4.78 is 22.9. The Balaban J connectivity index is 2.91. The summed E-state index contributed by atoms with van der Waals surface area (Å²) in [5, 5.41) is 2.22. The first-order chi connectivity index (χ1) is 10.2. The van der Waals surface area contributed by atoms with Crippen LogP contribution in [0.15, 0.2) is 15.9 Å². The maximum absolute atomic E-state index is 12.5. The third kappa shape index (κ3) is 6.36. The first-order valence-electron chi connectivity index (χ1n) is 7.80. The SMILES string of the molecule is CC(C)(C)S(=O)NC(CO[Si](C)(C)C(C)(C)C)c1cc(Br)cs1. The molecular formula is C16H30BrNO2S2Si. The quantitative estimate of drug-likeness (QED) is 0.583. The molecule has 0 bridgehead atoms. The number of hydrogen-bond acceptors (Lipinski definition) is 3. The second-order valence-electron chi connectivity index (χ2n) is 8.29. The van der Waals surface area contributed by atoms with E-state index in [2.05, 4.69) is 66.0 Å². The molecule has 0 aromatic carbocycles. The van der Waals surface area contributed by atoms with Gasteiger partial charge in [-0.25, -0.2) is 8.93 Å². The zero-order chi connectivity index (χ0) is 18.1. The Bertz CT molecular complexity index is 547. The fourth-order valence-electron chi connectivity index (χ4n) is 1.50. The number of halogens is 1.